The summed E-state index contributed by atoms with van der Waals surface area (Å²) < 4.78 is 6.14. The summed E-state index contributed by atoms with van der Waals surface area (Å²) in [6.07, 6.45) is -0.157. The number of thiophene rings is 1. The van der Waals surface area contributed by atoms with Crippen LogP contribution in [0.25, 0.3) is 0 Å². The van der Waals surface area contributed by atoms with Crippen LogP contribution in [0.4, 0.5) is 5.00 Å². The third-order valence-corrected chi connectivity index (χ3v) is 5.05. The van der Waals surface area contributed by atoms with Gasteiger partial charge in [0.1, 0.15) is 6.10 Å². The van der Waals surface area contributed by atoms with Crippen molar-refractivity contribution in [1.82, 2.24) is 0 Å². The molecule has 0 saturated heterocycles. The molecule has 0 fully saturated rings. The van der Waals surface area contributed by atoms with Crippen molar-refractivity contribution in [2.75, 3.05) is 5.32 Å². The number of hydrogen-bond acceptors (Lipinski definition) is 4. The number of hydrogen-bond donors (Lipinski definition) is 2. The highest BCUT2D eigenvalue weighted by Gasteiger charge is 2.40. The van der Waals surface area contributed by atoms with E-state index in [0.717, 1.165) is 16.3 Å². The molecular formula is C16H25NO3S. The van der Waals surface area contributed by atoms with E-state index in [9.17, 15) is 9.90 Å². The highest BCUT2D eigenvalue weighted by Crippen LogP contribution is 2.45. The smallest absolute Gasteiger partial charge is 0.254 e. The van der Waals surface area contributed by atoms with Crippen molar-refractivity contribution in [2.24, 2.45) is 5.92 Å². The number of ether oxygens (including phenoxy) is 1. The van der Waals surface area contributed by atoms with Crippen LogP contribution in [0.15, 0.2) is 6.07 Å². The number of amides is 1. The zero-order chi connectivity index (χ0) is 16.0. The minimum absolute atomic E-state index is 0.0988. The highest BCUT2D eigenvalue weighted by atomic mass is 32.1. The lowest BCUT2D eigenvalue weighted by Crippen LogP contribution is -2.41. The van der Waals surface area contributed by atoms with Gasteiger partial charge in [-0.1, -0.05) is 13.8 Å². The molecule has 0 spiro atoms. The fourth-order valence-corrected chi connectivity index (χ4v) is 3.98. The molecule has 4 nitrogen and oxygen atoms in total. The van der Waals surface area contributed by atoms with Crippen LogP contribution < -0.4 is 5.32 Å². The van der Waals surface area contributed by atoms with E-state index in [-0.39, 0.29) is 23.0 Å². The maximum absolute atomic E-state index is 12.0. The van der Waals surface area contributed by atoms with Crippen LogP contribution >= 0.6 is 11.3 Å². The Hall–Kier alpha value is -0.910. The standard InChI is InChI=1S/C16H25NO3S/c1-9(2)12(18)14(19)17-11-7-10-8-15(3,4)20-16(5,6)13(10)21-11/h7,9,12,18H,8H2,1-6H3,(H,17,19). The summed E-state index contributed by atoms with van der Waals surface area (Å²) in [5.41, 5.74) is 0.646. The number of aliphatic hydroxyl groups excluding tert-OH is 1. The first kappa shape index (κ1) is 16.5. The minimum Gasteiger partial charge on any atom is -0.383 e. The molecule has 0 saturated carbocycles. The van der Waals surface area contributed by atoms with Gasteiger partial charge in [0, 0.05) is 11.3 Å². The number of anilines is 1. The SMILES string of the molecule is CC(C)C(O)C(=O)Nc1cc2c(s1)C(C)(C)OC(C)(C)C2. The lowest BCUT2D eigenvalue weighted by Gasteiger charge is -2.41. The topological polar surface area (TPSA) is 58.6 Å². The van der Waals surface area contributed by atoms with E-state index in [1.807, 2.05) is 19.9 Å². The molecule has 118 valence electrons. The van der Waals surface area contributed by atoms with Crippen LogP contribution in [0, 0.1) is 5.92 Å². The fraction of sp³-hybridized carbons (Fsp3) is 0.688. The largest absolute Gasteiger partial charge is 0.383 e. The Labute approximate surface area is 130 Å². The Morgan fingerprint density at radius 3 is 2.57 bits per heavy atom. The molecule has 1 amide bonds. The molecule has 2 rings (SSSR count). The van der Waals surface area contributed by atoms with Gasteiger partial charge in [0.25, 0.3) is 5.91 Å². The van der Waals surface area contributed by atoms with E-state index in [1.54, 1.807) is 0 Å². The molecule has 0 aliphatic carbocycles. The number of rotatable bonds is 3. The maximum atomic E-state index is 12.0. The van der Waals surface area contributed by atoms with Crippen LogP contribution in [0.2, 0.25) is 0 Å². The molecule has 21 heavy (non-hydrogen) atoms. The van der Waals surface area contributed by atoms with Crippen LogP contribution in [-0.2, 0) is 21.6 Å². The lowest BCUT2D eigenvalue weighted by atomic mass is 9.89. The first-order chi connectivity index (χ1) is 9.52. The van der Waals surface area contributed by atoms with Gasteiger partial charge in [-0.2, -0.15) is 0 Å². The molecule has 0 aromatic carbocycles. The zero-order valence-electron chi connectivity index (χ0n) is 13.6. The van der Waals surface area contributed by atoms with E-state index in [2.05, 4.69) is 33.0 Å². The molecule has 1 atom stereocenters. The van der Waals surface area contributed by atoms with Gasteiger partial charge in [-0.25, -0.2) is 0 Å². The average Bonchev–Trinajstić information content (AvgIpc) is 2.68. The molecule has 5 heteroatoms. The molecule has 1 aliphatic heterocycles. The van der Waals surface area contributed by atoms with E-state index in [0.29, 0.717) is 0 Å². The van der Waals surface area contributed by atoms with Crippen molar-refractivity contribution in [3.05, 3.63) is 16.5 Å². The summed E-state index contributed by atoms with van der Waals surface area (Å²) in [7, 11) is 0. The molecule has 2 N–H and O–H groups in total. The fourth-order valence-electron chi connectivity index (χ4n) is 2.86. The quantitative estimate of drug-likeness (QED) is 0.900. The Balaban J connectivity index is 2.23. The van der Waals surface area contributed by atoms with Gasteiger partial charge in [0.05, 0.1) is 16.2 Å². The summed E-state index contributed by atoms with van der Waals surface area (Å²) >= 11 is 1.53. The van der Waals surface area contributed by atoms with Crippen molar-refractivity contribution in [2.45, 2.75) is 65.3 Å². The Bertz CT molecular complexity index is 546. The summed E-state index contributed by atoms with van der Waals surface area (Å²) in [6, 6.07) is 2.01. The van der Waals surface area contributed by atoms with Crippen LogP contribution in [0.3, 0.4) is 0 Å². The zero-order valence-corrected chi connectivity index (χ0v) is 14.4. The van der Waals surface area contributed by atoms with E-state index in [1.165, 1.54) is 16.9 Å². The normalized spacial score (nSPS) is 21.0. The van der Waals surface area contributed by atoms with Crippen LogP contribution in [0.5, 0.6) is 0 Å². The molecule has 1 aliphatic rings. The van der Waals surface area contributed by atoms with Crippen molar-refractivity contribution in [1.29, 1.82) is 0 Å². The third-order valence-electron chi connectivity index (χ3n) is 3.65. The highest BCUT2D eigenvalue weighted by molar-refractivity contribution is 7.16. The maximum Gasteiger partial charge on any atom is 0.254 e. The van der Waals surface area contributed by atoms with E-state index in [4.69, 9.17) is 4.74 Å². The van der Waals surface area contributed by atoms with Gasteiger partial charge in [0.2, 0.25) is 0 Å². The lowest BCUT2D eigenvalue weighted by molar-refractivity contribution is -0.135. The molecular weight excluding hydrogens is 286 g/mol. The predicted molar refractivity (Wildman–Crippen MR) is 85.7 cm³/mol. The molecule has 0 bridgehead atoms. The van der Waals surface area contributed by atoms with Gasteiger partial charge >= 0.3 is 0 Å². The number of carbonyl (C=O) groups excluding carboxylic acids is 1. The molecule has 1 aromatic rings. The van der Waals surface area contributed by atoms with Crippen LogP contribution in [0.1, 0.15) is 52.0 Å². The van der Waals surface area contributed by atoms with Gasteiger partial charge in [-0.3, -0.25) is 4.79 Å². The molecule has 0 radical (unpaired) electrons. The second kappa shape index (κ2) is 5.38. The predicted octanol–water partition coefficient (Wildman–Crippen LogP) is 3.29. The second-order valence-corrected chi connectivity index (χ2v) is 8.24. The van der Waals surface area contributed by atoms with E-state index < -0.39 is 6.10 Å². The molecule has 1 aromatic heterocycles. The van der Waals surface area contributed by atoms with Crippen molar-refractivity contribution in [3.8, 4) is 0 Å². The Morgan fingerprint density at radius 2 is 2.00 bits per heavy atom. The summed E-state index contributed by atoms with van der Waals surface area (Å²) in [6.45, 7) is 11.9. The van der Waals surface area contributed by atoms with Crippen molar-refractivity contribution in [3.63, 3.8) is 0 Å². The summed E-state index contributed by atoms with van der Waals surface area (Å²) in [4.78, 5) is 13.1. The molecule has 1 unspecified atom stereocenters. The van der Waals surface area contributed by atoms with Gasteiger partial charge in [0.15, 0.2) is 0 Å². The third kappa shape index (κ3) is 3.47. The van der Waals surface area contributed by atoms with Gasteiger partial charge < -0.3 is 15.2 Å². The first-order valence-electron chi connectivity index (χ1n) is 7.34. The van der Waals surface area contributed by atoms with Crippen molar-refractivity contribution < 1.29 is 14.6 Å². The Kier molecular flexibility index (Phi) is 4.21. The number of aliphatic hydroxyl groups is 1. The Morgan fingerprint density at radius 1 is 1.38 bits per heavy atom. The van der Waals surface area contributed by atoms with Gasteiger partial charge in [-0.15, -0.1) is 11.3 Å². The second-order valence-electron chi connectivity index (χ2n) is 7.19. The molecule has 2 heterocycles. The average molecular weight is 311 g/mol. The summed E-state index contributed by atoms with van der Waals surface area (Å²) in [5, 5.41) is 13.4. The number of carbonyl (C=O) groups is 1. The van der Waals surface area contributed by atoms with Gasteiger partial charge in [-0.05, 0) is 45.2 Å². The minimum atomic E-state index is -0.982. The number of fused-ring (bicyclic) bond motifs is 1. The first-order valence-corrected chi connectivity index (χ1v) is 8.16. The number of nitrogens with one attached hydrogen (secondary N) is 1. The van der Waals surface area contributed by atoms with Crippen molar-refractivity contribution >= 4 is 22.2 Å². The monoisotopic (exact) mass is 311 g/mol. The van der Waals surface area contributed by atoms with E-state index >= 15 is 0 Å². The summed E-state index contributed by atoms with van der Waals surface area (Å²) in [5.74, 6) is -0.445. The van der Waals surface area contributed by atoms with Crippen LogP contribution in [-0.4, -0.2) is 22.7 Å².